The first-order chi connectivity index (χ1) is 6.20. The van der Waals surface area contributed by atoms with Gasteiger partial charge in [0.1, 0.15) is 5.70 Å². The van der Waals surface area contributed by atoms with Gasteiger partial charge in [0.2, 0.25) is 5.78 Å². The van der Waals surface area contributed by atoms with Crippen molar-refractivity contribution in [2.45, 2.75) is 0 Å². The number of nitrogens with zero attached hydrogens (tertiary/aromatic N) is 1. The lowest BCUT2D eigenvalue weighted by Crippen LogP contribution is -2.32. The number of likely N-dealkylation sites (N-methyl/N-ethyl adjacent to an activating group) is 1. The molecule has 0 fully saturated rings. The molecule has 1 aliphatic heterocycles. The molecule has 1 heterocycles. The van der Waals surface area contributed by atoms with Gasteiger partial charge in [-0.15, -0.1) is 11.8 Å². The third kappa shape index (κ3) is 1.31. The largest absolute Gasteiger partial charge is 0.370 e. The molecule has 0 spiro atoms. The molecular weight excluding hydrogens is 186 g/mol. The van der Waals surface area contributed by atoms with Crippen LogP contribution in [0.2, 0.25) is 0 Å². The molecule has 0 N–H and O–H groups in total. The predicted molar refractivity (Wildman–Crippen MR) is 51.3 cm³/mol. The lowest BCUT2D eigenvalue weighted by Gasteiger charge is -2.28. The molecule has 0 aromatic heterocycles. The van der Waals surface area contributed by atoms with Crippen LogP contribution in [0.5, 0.6) is 0 Å². The first-order valence-corrected chi connectivity index (χ1v) is 5.03. The zero-order valence-corrected chi connectivity index (χ0v) is 8.06. The second kappa shape index (κ2) is 3.03. The number of rotatable bonds is 0. The smallest absolute Gasteiger partial charge is 0.203 e. The van der Waals surface area contributed by atoms with Gasteiger partial charge in [-0.1, -0.05) is 0 Å². The second-order valence-corrected chi connectivity index (χ2v) is 4.11. The van der Waals surface area contributed by atoms with Crippen LogP contribution in [0.25, 0.3) is 0 Å². The van der Waals surface area contributed by atoms with Gasteiger partial charge in [-0.25, -0.2) is 0 Å². The Morgan fingerprint density at radius 2 is 2.00 bits per heavy atom. The molecule has 0 aromatic rings. The number of thioether (sulfide) groups is 1. The van der Waals surface area contributed by atoms with E-state index in [4.69, 9.17) is 0 Å². The van der Waals surface area contributed by atoms with Crippen LogP contribution in [-0.4, -0.2) is 35.8 Å². The molecule has 13 heavy (non-hydrogen) atoms. The number of carbonyl (C=O) groups is 2. The van der Waals surface area contributed by atoms with E-state index in [1.807, 2.05) is 11.9 Å². The summed E-state index contributed by atoms with van der Waals surface area (Å²) < 4.78 is 0. The van der Waals surface area contributed by atoms with Gasteiger partial charge in [0.25, 0.3) is 0 Å². The average Bonchev–Trinajstić information content (AvgIpc) is 2.12. The Morgan fingerprint density at radius 3 is 2.69 bits per heavy atom. The average molecular weight is 195 g/mol. The first-order valence-electron chi connectivity index (χ1n) is 4.05. The monoisotopic (exact) mass is 195 g/mol. The Balaban J connectivity index is 2.48. The lowest BCUT2D eigenvalue weighted by molar-refractivity contribution is -0.115. The number of hydrogen-bond acceptors (Lipinski definition) is 4. The molecule has 2 aliphatic rings. The maximum Gasteiger partial charge on any atom is 0.203 e. The third-order valence-corrected chi connectivity index (χ3v) is 3.18. The Morgan fingerprint density at radius 1 is 1.31 bits per heavy atom. The van der Waals surface area contributed by atoms with Crippen molar-refractivity contribution in [2.24, 2.45) is 0 Å². The van der Waals surface area contributed by atoms with Gasteiger partial charge in [-0.3, -0.25) is 9.59 Å². The molecule has 0 saturated carbocycles. The van der Waals surface area contributed by atoms with Crippen molar-refractivity contribution >= 4 is 23.3 Å². The summed E-state index contributed by atoms with van der Waals surface area (Å²) in [6.07, 6.45) is 2.71. The molecule has 0 unspecified atom stereocenters. The molecule has 4 heteroatoms. The maximum absolute atomic E-state index is 11.4. The molecule has 0 saturated heterocycles. The summed E-state index contributed by atoms with van der Waals surface area (Å²) in [4.78, 5) is 25.3. The van der Waals surface area contributed by atoms with Crippen molar-refractivity contribution in [3.05, 3.63) is 22.8 Å². The number of allylic oxidation sites excluding steroid dienone is 3. The molecule has 2 rings (SSSR count). The minimum Gasteiger partial charge on any atom is -0.370 e. The van der Waals surface area contributed by atoms with Crippen molar-refractivity contribution in [3.63, 3.8) is 0 Å². The summed E-state index contributed by atoms with van der Waals surface area (Å²) in [6, 6.07) is 0. The Labute approximate surface area is 80.5 Å². The summed E-state index contributed by atoms with van der Waals surface area (Å²) in [5.41, 5.74) is 0.573. The van der Waals surface area contributed by atoms with Crippen molar-refractivity contribution < 1.29 is 9.59 Å². The van der Waals surface area contributed by atoms with Gasteiger partial charge >= 0.3 is 0 Å². The van der Waals surface area contributed by atoms with Crippen LogP contribution >= 0.6 is 11.8 Å². The highest BCUT2D eigenvalue weighted by Gasteiger charge is 2.28. The molecule has 68 valence electrons. The minimum atomic E-state index is -0.0516. The Bertz CT molecular complexity index is 344. The molecule has 0 atom stereocenters. The highest BCUT2D eigenvalue weighted by molar-refractivity contribution is 8.04. The summed E-state index contributed by atoms with van der Waals surface area (Å²) in [6.45, 7) is 0.830. The van der Waals surface area contributed by atoms with Gasteiger partial charge in [0.05, 0.1) is 4.91 Å². The van der Waals surface area contributed by atoms with E-state index >= 15 is 0 Å². The zero-order chi connectivity index (χ0) is 9.42. The highest BCUT2D eigenvalue weighted by atomic mass is 32.2. The van der Waals surface area contributed by atoms with Crippen LogP contribution in [0.3, 0.4) is 0 Å². The van der Waals surface area contributed by atoms with E-state index in [2.05, 4.69) is 0 Å². The molecule has 0 aromatic carbocycles. The van der Waals surface area contributed by atoms with E-state index in [0.29, 0.717) is 10.6 Å². The Kier molecular flexibility index (Phi) is 2.00. The fourth-order valence-electron chi connectivity index (χ4n) is 1.43. The van der Waals surface area contributed by atoms with Gasteiger partial charge < -0.3 is 4.90 Å². The molecule has 0 radical (unpaired) electrons. The molecule has 0 bridgehead atoms. The minimum absolute atomic E-state index is 0.0360. The quantitative estimate of drug-likeness (QED) is 0.530. The van der Waals surface area contributed by atoms with Crippen molar-refractivity contribution in [3.8, 4) is 0 Å². The van der Waals surface area contributed by atoms with Crippen LogP contribution in [0.15, 0.2) is 22.8 Å². The normalized spacial score (nSPS) is 22.4. The third-order valence-electron chi connectivity index (χ3n) is 2.11. The zero-order valence-electron chi connectivity index (χ0n) is 7.24. The number of ketones is 2. The van der Waals surface area contributed by atoms with Crippen LogP contribution < -0.4 is 0 Å². The van der Waals surface area contributed by atoms with Crippen LogP contribution in [-0.2, 0) is 9.59 Å². The van der Waals surface area contributed by atoms with Crippen LogP contribution in [0.4, 0.5) is 0 Å². The van der Waals surface area contributed by atoms with Gasteiger partial charge in [0.15, 0.2) is 5.78 Å². The molecular formula is C9H9NO2S. The van der Waals surface area contributed by atoms with E-state index in [9.17, 15) is 9.59 Å². The van der Waals surface area contributed by atoms with Crippen LogP contribution in [0.1, 0.15) is 0 Å². The predicted octanol–water partition coefficient (Wildman–Crippen LogP) is 0.585. The van der Waals surface area contributed by atoms with Crippen molar-refractivity contribution in [1.29, 1.82) is 0 Å². The summed E-state index contributed by atoms with van der Waals surface area (Å²) in [7, 11) is 1.85. The first kappa shape index (κ1) is 8.56. The van der Waals surface area contributed by atoms with Crippen molar-refractivity contribution in [1.82, 2.24) is 4.90 Å². The topological polar surface area (TPSA) is 37.4 Å². The number of hydrogen-bond donors (Lipinski definition) is 0. The van der Waals surface area contributed by atoms with Crippen LogP contribution in [0, 0.1) is 0 Å². The fourth-order valence-corrected chi connectivity index (χ4v) is 2.60. The number of carbonyl (C=O) groups excluding carboxylic acids is 2. The van der Waals surface area contributed by atoms with E-state index in [1.54, 1.807) is 0 Å². The maximum atomic E-state index is 11.4. The summed E-state index contributed by atoms with van der Waals surface area (Å²) in [5.74, 6) is 0.790. The molecule has 0 amide bonds. The van der Waals surface area contributed by atoms with Gasteiger partial charge in [-0.2, -0.15) is 0 Å². The highest BCUT2D eigenvalue weighted by Crippen LogP contribution is 2.30. The van der Waals surface area contributed by atoms with E-state index < -0.39 is 0 Å². The second-order valence-electron chi connectivity index (χ2n) is 3.01. The van der Waals surface area contributed by atoms with Crippen molar-refractivity contribution in [2.75, 3.05) is 19.3 Å². The molecule has 3 nitrogen and oxygen atoms in total. The standard InChI is InChI=1S/C9H9NO2S/c1-10-4-5-13-9-7(12)3-2-6(11)8(9)10/h2-3H,4-5H2,1H3. The summed E-state index contributed by atoms with van der Waals surface area (Å²) in [5, 5.41) is 0. The SMILES string of the molecule is CN1CCSC2=C1C(=O)C=CC2=O. The fraction of sp³-hybridized carbons (Fsp3) is 0.333. The van der Waals surface area contributed by atoms with E-state index in [0.717, 1.165) is 12.3 Å². The van der Waals surface area contributed by atoms with Gasteiger partial charge in [-0.05, 0) is 12.2 Å². The van der Waals surface area contributed by atoms with E-state index in [1.165, 1.54) is 23.9 Å². The lowest BCUT2D eigenvalue weighted by atomic mass is 10.1. The summed E-state index contributed by atoms with van der Waals surface area (Å²) >= 11 is 1.48. The van der Waals surface area contributed by atoms with Gasteiger partial charge in [0, 0.05) is 19.3 Å². The van der Waals surface area contributed by atoms with E-state index in [-0.39, 0.29) is 11.6 Å². The Hall–Kier alpha value is -1.03. The molecule has 1 aliphatic carbocycles.